The molecular formula is C21H22N4O4S. The van der Waals surface area contributed by atoms with Gasteiger partial charge < -0.3 is 9.47 Å². The van der Waals surface area contributed by atoms with Crippen molar-refractivity contribution >= 4 is 10.0 Å². The first-order chi connectivity index (χ1) is 14.5. The summed E-state index contributed by atoms with van der Waals surface area (Å²) in [4.78, 5) is 0. The highest BCUT2D eigenvalue weighted by Crippen LogP contribution is 2.22. The van der Waals surface area contributed by atoms with E-state index in [1.54, 1.807) is 38.5 Å². The maximum absolute atomic E-state index is 13.3. The molecule has 0 amide bonds. The highest BCUT2D eigenvalue weighted by Gasteiger charge is 2.27. The average molecular weight is 426 g/mol. The number of sulfonamides is 1. The molecule has 3 rings (SSSR count). The molecule has 0 aliphatic heterocycles. The standard InChI is InChI=1S/C21H22N4O4S/c1-28-19-7-3-17(4-8-19)15-25(16-18-5-9-20(29-2)10-6-18)30(26,27)21-11-13-24(23-21)14-12-22/h3-11,13H,14-16H2,1-2H3. The number of nitriles is 1. The Morgan fingerprint density at radius 3 is 1.87 bits per heavy atom. The SMILES string of the molecule is COc1ccc(CN(Cc2ccc(OC)cc2)S(=O)(=O)c2ccn(CC#N)n2)cc1. The minimum absolute atomic E-state index is 0.0213. The molecule has 0 saturated carbocycles. The second-order valence-electron chi connectivity index (χ2n) is 6.48. The molecule has 0 bridgehead atoms. The fourth-order valence-corrected chi connectivity index (χ4v) is 4.21. The number of hydrogen-bond acceptors (Lipinski definition) is 6. The van der Waals surface area contributed by atoms with Crippen molar-refractivity contribution in [3.05, 3.63) is 71.9 Å². The van der Waals surface area contributed by atoms with Gasteiger partial charge in [0.2, 0.25) is 0 Å². The second-order valence-corrected chi connectivity index (χ2v) is 8.36. The average Bonchev–Trinajstić information content (AvgIpc) is 3.24. The van der Waals surface area contributed by atoms with E-state index in [0.29, 0.717) is 11.5 Å². The number of rotatable bonds is 9. The van der Waals surface area contributed by atoms with Crippen molar-refractivity contribution in [2.24, 2.45) is 0 Å². The van der Waals surface area contributed by atoms with E-state index in [0.717, 1.165) is 11.1 Å². The lowest BCUT2D eigenvalue weighted by Crippen LogP contribution is -2.30. The van der Waals surface area contributed by atoms with Gasteiger partial charge >= 0.3 is 0 Å². The summed E-state index contributed by atoms with van der Waals surface area (Å²) in [5, 5.41) is 12.8. The van der Waals surface area contributed by atoms with Gasteiger partial charge in [0.05, 0.1) is 20.3 Å². The first-order valence-corrected chi connectivity index (χ1v) is 10.6. The molecule has 3 aromatic rings. The van der Waals surface area contributed by atoms with Gasteiger partial charge in [-0.25, -0.2) is 8.42 Å². The predicted octanol–water partition coefficient (Wildman–Crippen LogP) is 2.81. The molecule has 0 aliphatic rings. The highest BCUT2D eigenvalue weighted by atomic mass is 32.2. The van der Waals surface area contributed by atoms with Gasteiger partial charge in [0, 0.05) is 19.3 Å². The molecule has 156 valence electrons. The molecule has 2 aromatic carbocycles. The Bertz CT molecular complexity index is 1070. The number of hydrogen-bond donors (Lipinski definition) is 0. The van der Waals surface area contributed by atoms with Crippen LogP contribution in [0.2, 0.25) is 0 Å². The molecule has 0 unspecified atom stereocenters. The maximum atomic E-state index is 13.3. The third-order valence-corrected chi connectivity index (χ3v) is 6.17. The van der Waals surface area contributed by atoms with E-state index in [-0.39, 0.29) is 24.7 Å². The van der Waals surface area contributed by atoms with Gasteiger partial charge in [-0.05, 0) is 41.5 Å². The Labute approximate surface area is 175 Å². The quantitative estimate of drug-likeness (QED) is 0.522. The van der Waals surface area contributed by atoms with Crippen LogP contribution in [0.25, 0.3) is 0 Å². The summed E-state index contributed by atoms with van der Waals surface area (Å²) in [6.45, 7) is 0.291. The second kappa shape index (κ2) is 9.43. The molecule has 0 radical (unpaired) electrons. The van der Waals surface area contributed by atoms with Crippen LogP contribution < -0.4 is 9.47 Å². The Kier molecular flexibility index (Phi) is 6.72. The number of ether oxygens (including phenoxy) is 2. The maximum Gasteiger partial charge on any atom is 0.262 e. The summed E-state index contributed by atoms with van der Waals surface area (Å²) in [5.74, 6) is 1.39. The summed E-state index contributed by atoms with van der Waals surface area (Å²) in [5.41, 5.74) is 1.62. The zero-order valence-corrected chi connectivity index (χ0v) is 17.5. The van der Waals surface area contributed by atoms with Gasteiger partial charge in [0.1, 0.15) is 18.0 Å². The van der Waals surface area contributed by atoms with Gasteiger partial charge in [-0.1, -0.05) is 24.3 Å². The molecule has 30 heavy (non-hydrogen) atoms. The van der Waals surface area contributed by atoms with Crippen molar-refractivity contribution in [3.8, 4) is 17.6 Å². The van der Waals surface area contributed by atoms with Crippen molar-refractivity contribution in [3.63, 3.8) is 0 Å². The molecule has 1 heterocycles. The Morgan fingerprint density at radius 1 is 0.933 bits per heavy atom. The summed E-state index contributed by atoms with van der Waals surface area (Å²) in [6, 6.07) is 17.8. The Hall–Kier alpha value is -3.35. The molecule has 0 aliphatic carbocycles. The van der Waals surface area contributed by atoms with Crippen molar-refractivity contribution in [1.82, 2.24) is 14.1 Å². The molecule has 0 N–H and O–H groups in total. The van der Waals surface area contributed by atoms with E-state index in [9.17, 15) is 8.42 Å². The van der Waals surface area contributed by atoms with Crippen LogP contribution in [0.15, 0.2) is 65.8 Å². The van der Waals surface area contributed by atoms with Crippen LogP contribution in [-0.2, 0) is 29.7 Å². The van der Waals surface area contributed by atoms with Crippen molar-refractivity contribution < 1.29 is 17.9 Å². The Balaban J connectivity index is 1.92. The molecular weight excluding hydrogens is 404 g/mol. The topological polar surface area (TPSA) is 97.5 Å². The smallest absolute Gasteiger partial charge is 0.262 e. The summed E-state index contributed by atoms with van der Waals surface area (Å²) >= 11 is 0. The van der Waals surface area contributed by atoms with Gasteiger partial charge in [0.15, 0.2) is 5.03 Å². The third-order valence-electron chi connectivity index (χ3n) is 4.49. The minimum Gasteiger partial charge on any atom is -0.497 e. The van der Waals surface area contributed by atoms with Gasteiger partial charge in [-0.3, -0.25) is 4.68 Å². The zero-order valence-electron chi connectivity index (χ0n) is 16.7. The van der Waals surface area contributed by atoms with Crippen molar-refractivity contribution in [2.75, 3.05) is 14.2 Å². The van der Waals surface area contributed by atoms with E-state index < -0.39 is 10.0 Å². The van der Waals surface area contributed by atoms with Gasteiger partial charge in [-0.15, -0.1) is 0 Å². The number of methoxy groups -OCH3 is 2. The lowest BCUT2D eigenvalue weighted by atomic mass is 10.2. The fraction of sp³-hybridized carbons (Fsp3) is 0.238. The van der Waals surface area contributed by atoms with Crippen LogP contribution in [0.4, 0.5) is 0 Å². The summed E-state index contributed by atoms with van der Waals surface area (Å²) < 4.78 is 39.6. The first-order valence-electron chi connectivity index (χ1n) is 9.12. The van der Waals surface area contributed by atoms with Crippen molar-refractivity contribution in [2.45, 2.75) is 24.7 Å². The van der Waals surface area contributed by atoms with Crippen LogP contribution in [0.3, 0.4) is 0 Å². The molecule has 0 atom stereocenters. The van der Waals surface area contributed by atoms with E-state index in [1.165, 1.54) is 21.3 Å². The molecule has 1 aromatic heterocycles. The summed E-state index contributed by atoms with van der Waals surface area (Å²) in [7, 11) is -0.744. The van der Waals surface area contributed by atoms with Crippen LogP contribution in [0.1, 0.15) is 11.1 Å². The van der Waals surface area contributed by atoms with E-state index in [4.69, 9.17) is 14.7 Å². The number of benzene rings is 2. The molecule has 0 saturated heterocycles. The van der Waals surface area contributed by atoms with Gasteiger partial charge in [0.25, 0.3) is 10.0 Å². The van der Waals surface area contributed by atoms with E-state index in [2.05, 4.69) is 5.10 Å². The zero-order chi connectivity index (χ0) is 21.6. The predicted molar refractivity (Wildman–Crippen MR) is 110 cm³/mol. The van der Waals surface area contributed by atoms with Gasteiger partial charge in [-0.2, -0.15) is 14.7 Å². The fourth-order valence-electron chi connectivity index (χ4n) is 2.87. The Morgan fingerprint density at radius 2 is 1.43 bits per heavy atom. The van der Waals surface area contributed by atoms with Crippen LogP contribution >= 0.6 is 0 Å². The van der Waals surface area contributed by atoms with E-state index >= 15 is 0 Å². The number of nitrogens with zero attached hydrogens (tertiary/aromatic N) is 4. The first kappa shape index (κ1) is 21.4. The lowest BCUT2D eigenvalue weighted by Gasteiger charge is -2.21. The third kappa shape index (κ3) is 4.97. The summed E-state index contributed by atoms with van der Waals surface area (Å²) in [6.07, 6.45) is 1.48. The highest BCUT2D eigenvalue weighted by molar-refractivity contribution is 7.89. The van der Waals surface area contributed by atoms with Crippen molar-refractivity contribution in [1.29, 1.82) is 5.26 Å². The molecule has 9 heteroatoms. The number of aromatic nitrogens is 2. The molecule has 0 spiro atoms. The van der Waals surface area contributed by atoms with Crippen LogP contribution in [0.5, 0.6) is 11.5 Å². The largest absolute Gasteiger partial charge is 0.497 e. The van der Waals surface area contributed by atoms with E-state index in [1.807, 2.05) is 30.3 Å². The molecule has 8 nitrogen and oxygen atoms in total. The normalized spacial score (nSPS) is 11.3. The monoisotopic (exact) mass is 426 g/mol. The van der Waals surface area contributed by atoms with Crippen LogP contribution in [-0.4, -0.2) is 36.7 Å². The molecule has 0 fully saturated rings. The van der Waals surface area contributed by atoms with Crippen LogP contribution in [0, 0.1) is 11.3 Å². The minimum atomic E-state index is -3.90. The lowest BCUT2D eigenvalue weighted by molar-refractivity contribution is 0.395.